The maximum absolute atomic E-state index is 15.3. The highest BCUT2D eigenvalue weighted by Gasteiger charge is 2.29. The molecule has 2 aromatic heterocycles. The Labute approximate surface area is 161 Å². The number of benzene rings is 1. The summed E-state index contributed by atoms with van der Waals surface area (Å²) in [5, 5.41) is 7.47. The number of nitrogens with zero attached hydrogens (tertiary/aromatic N) is 3. The molecule has 0 amide bonds. The molecule has 1 fully saturated rings. The summed E-state index contributed by atoms with van der Waals surface area (Å²) in [7, 11) is 0. The summed E-state index contributed by atoms with van der Waals surface area (Å²) in [4.78, 5) is 17.8. The van der Waals surface area contributed by atoms with Gasteiger partial charge in [0.1, 0.15) is 0 Å². The number of nitrogens with one attached hydrogen (secondary N) is 1. The van der Waals surface area contributed by atoms with E-state index in [2.05, 4.69) is 15.5 Å². The van der Waals surface area contributed by atoms with Crippen LogP contribution in [0.3, 0.4) is 0 Å². The number of carbonyl (C=O) groups is 1. The average molecular weight is 384 g/mol. The van der Waals surface area contributed by atoms with Crippen LogP contribution in [0.1, 0.15) is 29.9 Å². The molecule has 0 bridgehead atoms. The predicted molar refractivity (Wildman–Crippen MR) is 103 cm³/mol. The second-order valence-electron chi connectivity index (χ2n) is 6.99. The fourth-order valence-corrected chi connectivity index (χ4v) is 3.62. The van der Waals surface area contributed by atoms with Gasteiger partial charge in [-0.15, -0.1) is 0 Å². The van der Waals surface area contributed by atoms with Crippen LogP contribution in [0.2, 0.25) is 0 Å². The first-order valence-electron chi connectivity index (χ1n) is 9.18. The van der Waals surface area contributed by atoms with Gasteiger partial charge in [-0.25, -0.2) is 4.39 Å². The Morgan fingerprint density at radius 2 is 2.11 bits per heavy atom. The third-order valence-electron chi connectivity index (χ3n) is 4.73. The van der Waals surface area contributed by atoms with Gasteiger partial charge in [0.2, 0.25) is 5.58 Å². The minimum atomic E-state index is -0.584. The molecule has 7 nitrogen and oxygen atoms in total. The molecule has 2 unspecified atom stereocenters. The molecular weight excluding hydrogens is 363 g/mol. The Morgan fingerprint density at radius 1 is 1.32 bits per heavy atom. The number of halogens is 1. The summed E-state index contributed by atoms with van der Waals surface area (Å²) in [6, 6.07) is 7.19. The molecular formula is C20H21FN4O3. The van der Waals surface area contributed by atoms with E-state index in [1.165, 1.54) is 0 Å². The minimum absolute atomic E-state index is 0.0240. The number of carbonyl (C=O) groups excluding carboxylic acids is 1. The third-order valence-corrected chi connectivity index (χ3v) is 4.73. The van der Waals surface area contributed by atoms with Crippen LogP contribution in [0.15, 0.2) is 35.0 Å². The number of aromatic nitrogens is 2. The molecule has 1 aliphatic rings. The van der Waals surface area contributed by atoms with Crippen molar-refractivity contribution in [3.63, 3.8) is 0 Å². The van der Waals surface area contributed by atoms with Crippen molar-refractivity contribution in [1.29, 1.82) is 0 Å². The van der Waals surface area contributed by atoms with Crippen molar-refractivity contribution >= 4 is 28.8 Å². The lowest BCUT2D eigenvalue weighted by Crippen LogP contribution is -2.46. The van der Waals surface area contributed by atoms with Crippen LogP contribution in [0.5, 0.6) is 0 Å². The maximum atomic E-state index is 15.3. The van der Waals surface area contributed by atoms with Crippen LogP contribution >= 0.6 is 0 Å². The minimum Gasteiger partial charge on any atom is -0.372 e. The maximum Gasteiger partial charge on any atom is 0.206 e. The Kier molecular flexibility index (Phi) is 4.95. The number of aldehydes is 1. The third kappa shape index (κ3) is 3.43. The zero-order valence-corrected chi connectivity index (χ0v) is 15.7. The summed E-state index contributed by atoms with van der Waals surface area (Å²) in [5.41, 5.74) is 1.32. The summed E-state index contributed by atoms with van der Waals surface area (Å²) >= 11 is 0. The van der Waals surface area contributed by atoms with Crippen LogP contribution in [0, 0.1) is 5.82 Å². The number of ether oxygens (including phenoxy) is 1. The van der Waals surface area contributed by atoms with Crippen molar-refractivity contribution < 1.29 is 18.4 Å². The summed E-state index contributed by atoms with van der Waals surface area (Å²) < 4.78 is 26.3. The van der Waals surface area contributed by atoms with Crippen LogP contribution < -0.4 is 10.2 Å². The normalized spacial score (nSPS) is 19.8. The monoisotopic (exact) mass is 384 g/mol. The number of rotatable bonds is 5. The van der Waals surface area contributed by atoms with E-state index in [1.54, 1.807) is 12.3 Å². The first-order chi connectivity index (χ1) is 13.6. The summed E-state index contributed by atoms with van der Waals surface area (Å²) in [5.74, 6) is -0.211. The van der Waals surface area contributed by atoms with E-state index < -0.39 is 5.82 Å². The molecule has 2 atom stereocenters. The first-order valence-corrected chi connectivity index (χ1v) is 9.18. The molecule has 28 heavy (non-hydrogen) atoms. The Morgan fingerprint density at radius 3 is 2.79 bits per heavy atom. The van der Waals surface area contributed by atoms with Crippen LogP contribution in [-0.2, 0) is 11.3 Å². The summed E-state index contributed by atoms with van der Waals surface area (Å²) in [6.45, 7) is 5.24. The molecule has 3 heterocycles. The van der Waals surface area contributed by atoms with E-state index in [1.807, 2.05) is 36.9 Å². The number of pyridine rings is 1. The Bertz CT molecular complexity index is 982. The van der Waals surface area contributed by atoms with E-state index in [4.69, 9.17) is 9.26 Å². The molecule has 1 N–H and O–H groups in total. The molecule has 0 aliphatic carbocycles. The molecule has 0 saturated carbocycles. The molecule has 1 aromatic carbocycles. The molecule has 8 heteroatoms. The van der Waals surface area contributed by atoms with Crippen molar-refractivity contribution in [3.8, 4) is 0 Å². The van der Waals surface area contributed by atoms with Crippen molar-refractivity contribution in [2.45, 2.75) is 32.6 Å². The quantitative estimate of drug-likeness (QED) is 0.675. The predicted octanol–water partition coefficient (Wildman–Crippen LogP) is 3.40. The van der Waals surface area contributed by atoms with Crippen molar-refractivity contribution in [2.75, 3.05) is 23.3 Å². The standard InChI is InChI=1S/C20H21FN4O3/c1-12-9-25(10-13(2)27-12)18-14(11-26)7-16-19(17(18)21)28-24-20(16)23-8-15-5-3-4-6-22-15/h3-7,11-13H,8-10H2,1-2H3,(H,23,24). The van der Waals surface area contributed by atoms with Gasteiger partial charge in [0, 0.05) is 24.8 Å². The summed E-state index contributed by atoms with van der Waals surface area (Å²) in [6.07, 6.45) is 2.23. The van der Waals surface area contributed by atoms with E-state index in [0.717, 1.165) is 5.69 Å². The van der Waals surface area contributed by atoms with Crippen LogP contribution in [0.25, 0.3) is 11.0 Å². The Hall–Kier alpha value is -3.00. The van der Waals surface area contributed by atoms with E-state index in [9.17, 15) is 4.79 Å². The van der Waals surface area contributed by atoms with Crippen LogP contribution in [0.4, 0.5) is 15.9 Å². The zero-order valence-electron chi connectivity index (χ0n) is 15.7. The second kappa shape index (κ2) is 7.55. The van der Waals surface area contributed by atoms with Crippen molar-refractivity contribution in [1.82, 2.24) is 10.1 Å². The van der Waals surface area contributed by atoms with Crippen LogP contribution in [-0.4, -0.2) is 41.7 Å². The van der Waals surface area contributed by atoms with Crippen molar-refractivity contribution in [2.24, 2.45) is 0 Å². The molecule has 4 rings (SSSR count). The Balaban J connectivity index is 1.69. The number of hydrogen-bond acceptors (Lipinski definition) is 7. The second-order valence-corrected chi connectivity index (χ2v) is 6.99. The topological polar surface area (TPSA) is 80.5 Å². The first kappa shape index (κ1) is 18.4. The highest BCUT2D eigenvalue weighted by atomic mass is 19.1. The number of fused-ring (bicyclic) bond motifs is 1. The van der Waals surface area contributed by atoms with Gasteiger partial charge in [-0.3, -0.25) is 9.78 Å². The lowest BCUT2D eigenvalue weighted by molar-refractivity contribution is -0.00543. The highest BCUT2D eigenvalue weighted by Crippen LogP contribution is 2.35. The van der Waals surface area contributed by atoms with Gasteiger partial charge < -0.3 is 19.5 Å². The lowest BCUT2D eigenvalue weighted by Gasteiger charge is -2.37. The average Bonchev–Trinajstić information content (AvgIpc) is 3.09. The number of hydrogen-bond donors (Lipinski definition) is 1. The van der Waals surface area contributed by atoms with Gasteiger partial charge in [0.15, 0.2) is 17.9 Å². The molecule has 0 radical (unpaired) electrons. The molecule has 1 saturated heterocycles. The van der Waals surface area contributed by atoms with Gasteiger partial charge in [-0.2, -0.15) is 0 Å². The molecule has 146 valence electrons. The largest absolute Gasteiger partial charge is 0.372 e. The number of anilines is 2. The fourth-order valence-electron chi connectivity index (χ4n) is 3.62. The molecule has 0 spiro atoms. The van der Waals surface area contributed by atoms with E-state index >= 15 is 4.39 Å². The smallest absolute Gasteiger partial charge is 0.206 e. The highest BCUT2D eigenvalue weighted by molar-refractivity contribution is 5.98. The zero-order chi connectivity index (χ0) is 19.7. The van der Waals surface area contributed by atoms with Gasteiger partial charge in [-0.05, 0) is 32.0 Å². The fraction of sp³-hybridized carbons (Fsp3) is 0.350. The van der Waals surface area contributed by atoms with Gasteiger partial charge in [-0.1, -0.05) is 11.2 Å². The SMILES string of the molecule is CC1CN(c2c(C=O)cc3c(NCc4ccccn4)noc3c2F)CC(C)O1. The van der Waals surface area contributed by atoms with E-state index in [0.29, 0.717) is 37.1 Å². The molecule has 3 aromatic rings. The van der Waals surface area contributed by atoms with Gasteiger partial charge >= 0.3 is 0 Å². The van der Waals surface area contributed by atoms with Crippen molar-refractivity contribution in [3.05, 3.63) is 47.5 Å². The molecule has 1 aliphatic heterocycles. The van der Waals surface area contributed by atoms with Gasteiger partial charge in [0.05, 0.1) is 35.5 Å². The lowest BCUT2D eigenvalue weighted by atomic mass is 10.1. The number of morpholine rings is 1. The van der Waals surface area contributed by atoms with E-state index in [-0.39, 0.29) is 29.0 Å². The van der Waals surface area contributed by atoms with Gasteiger partial charge in [0.25, 0.3) is 0 Å².